The molecule has 0 N–H and O–H groups in total. The van der Waals surface area contributed by atoms with Crippen molar-refractivity contribution >= 4 is 0 Å². The molecule has 0 saturated carbocycles. The van der Waals surface area contributed by atoms with Crippen molar-refractivity contribution in [2.45, 2.75) is 51.6 Å². The molecule has 0 aliphatic carbocycles. The van der Waals surface area contributed by atoms with Crippen molar-refractivity contribution < 1.29 is 0 Å². The van der Waals surface area contributed by atoms with Crippen LogP contribution >= 0.6 is 0 Å². The molecule has 0 aliphatic rings. The van der Waals surface area contributed by atoms with Crippen molar-refractivity contribution in [3.05, 3.63) is 35.4 Å². The second-order valence-electron chi connectivity index (χ2n) is 5.68. The summed E-state index contributed by atoms with van der Waals surface area (Å²) in [6.45, 7) is 7.16. The highest BCUT2D eigenvalue weighted by molar-refractivity contribution is 5.26. The van der Waals surface area contributed by atoms with Crippen molar-refractivity contribution in [1.29, 1.82) is 10.5 Å². The van der Waals surface area contributed by atoms with Gasteiger partial charge in [0.2, 0.25) is 0 Å². The number of nitrogens with zero attached hydrogens (tertiary/aromatic N) is 4. The van der Waals surface area contributed by atoms with Crippen molar-refractivity contribution in [2.24, 2.45) is 10.2 Å². The van der Waals surface area contributed by atoms with E-state index in [0.29, 0.717) is 6.42 Å². The van der Waals surface area contributed by atoms with E-state index in [-0.39, 0.29) is 0 Å². The molecule has 1 aromatic carbocycles. The van der Waals surface area contributed by atoms with Gasteiger partial charge in [0.05, 0.1) is 12.1 Å². The molecule has 4 heteroatoms. The predicted octanol–water partition coefficient (Wildman–Crippen LogP) is 3.96. The van der Waals surface area contributed by atoms with Crippen LogP contribution in [0.15, 0.2) is 34.5 Å². The number of rotatable bonds is 5. The maximum atomic E-state index is 9.32. The first-order valence-corrected chi connectivity index (χ1v) is 6.63. The van der Waals surface area contributed by atoms with E-state index in [1.54, 1.807) is 20.8 Å². The SMILES string of the molecule is Cc1ccccc1CCC(C)(C#N)N=NC(C)(C)C#N. The Morgan fingerprint density at radius 3 is 2.25 bits per heavy atom. The zero-order valence-corrected chi connectivity index (χ0v) is 12.5. The Morgan fingerprint density at radius 1 is 1.05 bits per heavy atom. The normalized spacial score (nSPS) is 14.5. The first-order valence-electron chi connectivity index (χ1n) is 6.63. The Hall–Kier alpha value is -2.20. The van der Waals surface area contributed by atoms with Crippen LogP contribution in [-0.4, -0.2) is 11.1 Å². The van der Waals surface area contributed by atoms with Gasteiger partial charge < -0.3 is 0 Å². The van der Waals surface area contributed by atoms with Gasteiger partial charge in [0.25, 0.3) is 0 Å². The minimum Gasteiger partial charge on any atom is -0.196 e. The summed E-state index contributed by atoms with van der Waals surface area (Å²) in [5.41, 5.74) is 0.641. The highest BCUT2D eigenvalue weighted by atomic mass is 15.2. The molecule has 1 atom stereocenters. The highest BCUT2D eigenvalue weighted by Crippen LogP contribution is 2.22. The molecule has 0 heterocycles. The largest absolute Gasteiger partial charge is 0.196 e. The van der Waals surface area contributed by atoms with Crippen LogP contribution in [0.25, 0.3) is 0 Å². The molecule has 20 heavy (non-hydrogen) atoms. The summed E-state index contributed by atoms with van der Waals surface area (Å²) < 4.78 is 0. The third-order valence-electron chi connectivity index (χ3n) is 3.18. The van der Waals surface area contributed by atoms with Crippen molar-refractivity contribution in [3.63, 3.8) is 0 Å². The molecule has 104 valence electrons. The van der Waals surface area contributed by atoms with Gasteiger partial charge in [0, 0.05) is 0 Å². The maximum Gasteiger partial charge on any atom is 0.165 e. The van der Waals surface area contributed by atoms with Gasteiger partial charge >= 0.3 is 0 Å². The minimum absolute atomic E-state index is 0.583. The molecule has 1 aromatic rings. The first-order chi connectivity index (χ1) is 9.32. The van der Waals surface area contributed by atoms with Crippen LogP contribution in [0.5, 0.6) is 0 Å². The fourth-order valence-corrected chi connectivity index (χ4v) is 1.65. The molecular formula is C16H20N4. The van der Waals surface area contributed by atoms with Crippen LogP contribution in [0.4, 0.5) is 0 Å². The molecule has 0 fully saturated rings. The number of benzene rings is 1. The Kier molecular flexibility index (Phi) is 5.00. The van der Waals surface area contributed by atoms with E-state index in [1.165, 1.54) is 11.1 Å². The van der Waals surface area contributed by atoms with E-state index in [9.17, 15) is 5.26 Å². The van der Waals surface area contributed by atoms with E-state index < -0.39 is 11.1 Å². The smallest absolute Gasteiger partial charge is 0.165 e. The molecule has 0 aromatic heterocycles. The summed E-state index contributed by atoms with van der Waals surface area (Å²) in [5.74, 6) is 0. The van der Waals surface area contributed by atoms with Gasteiger partial charge in [-0.3, -0.25) is 0 Å². The van der Waals surface area contributed by atoms with Gasteiger partial charge in [-0.05, 0) is 51.7 Å². The molecule has 4 nitrogen and oxygen atoms in total. The fourth-order valence-electron chi connectivity index (χ4n) is 1.65. The van der Waals surface area contributed by atoms with Gasteiger partial charge in [-0.25, -0.2) is 0 Å². The monoisotopic (exact) mass is 268 g/mol. The molecule has 0 amide bonds. The predicted molar refractivity (Wildman–Crippen MR) is 78.1 cm³/mol. The van der Waals surface area contributed by atoms with Crippen LogP contribution in [0.1, 0.15) is 38.3 Å². The topological polar surface area (TPSA) is 72.3 Å². The van der Waals surface area contributed by atoms with Crippen LogP contribution < -0.4 is 0 Å². The van der Waals surface area contributed by atoms with Gasteiger partial charge in [-0.15, -0.1) is 0 Å². The standard InChI is InChI=1S/C16H20N4/c1-13-7-5-6-8-14(13)9-10-16(4,12-18)20-19-15(2,3)11-17/h5-8H,9-10H2,1-4H3. The number of hydrogen-bond acceptors (Lipinski definition) is 4. The lowest BCUT2D eigenvalue weighted by Gasteiger charge is -2.17. The number of nitriles is 2. The fraction of sp³-hybridized carbons (Fsp3) is 0.500. The second kappa shape index (κ2) is 6.30. The van der Waals surface area contributed by atoms with Gasteiger partial charge in [-0.2, -0.15) is 20.8 Å². The van der Waals surface area contributed by atoms with E-state index in [1.807, 2.05) is 12.1 Å². The first kappa shape index (κ1) is 15.9. The molecule has 0 radical (unpaired) electrons. The average molecular weight is 268 g/mol. The summed E-state index contributed by atoms with van der Waals surface area (Å²) in [6, 6.07) is 12.3. The third-order valence-corrected chi connectivity index (χ3v) is 3.18. The Bertz CT molecular complexity index is 575. The summed E-state index contributed by atoms with van der Waals surface area (Å²) >= 11 is 0. The second-order valence-corrected chi connectivity index (χ2v) is 5.68. The molecule has 0 bridgehead atoms. The molecule has 0 aliphatic heterocycles. The summed E-state index contributed by atoms with van der Waals surface area (Å²) in [4.78, 5) is 0. The zero-order valence-electron chi connectivity index (χ0n) is 12.5. The highest BCUT2D eigenvalue weighted by Gasteiger charge is 2.25. The molecule has 1 unspecified atom stereocenters. The Balaban J connectivity index is 2.80. The van der Waals surface area contributed by atoms with E-state index in [0.717, 1.165) is 6.42 Å². The lowest BCUT2D eigenvalue weighted by Crippen LogP contribution is -2.22. The quantitative estimate of drug-likeness (QED) is 0.758. The average Bonchev–Trinajstić information content (AvgIpc) is 2.44. The lowest BCUT2D eigenvalue weighted by molar-refractivity contribution is 0.482. The van der Waals surface area contributed by atoms with Crippen molar-refractivity contribution in [1.82, 2.24) is 0 Å². The Labute approximate surface area is 120 Å². The van der Waals surface area contributed by atoms with Gasteiger partial charge in [0.15, 0.2) is 11.1 Å². The van der Waals surface area contributed by atoms with Crippen LogP contribution in [0, 0.1) is 29.6 Å². The van der Waals surface area contributed by atoms with Gasteiger partial charge in [0.1, 0.15) is 0 Å². The molecule has 0 spiro atoms. The third kappa shape index (κ3) is 4.48. The Morgan fingerprint density at radius 2 is 1.70 bits per heavy atom. The number of aryl methyl sites for hydroxylation is 2. The van der Waals surface area contributed by atoms with E-state index >= 15 is 0 Å². The summed E-state index contributed by atoms with van der Waals surface area (Å²) in [7, 11) is 0. The molecule has 0 saturated heterocycles. The lowest BCUT2D eigenvalue weighted by atomic mass is 9.94. The van der Waals surface area contributed by atoms with Gasteiger partial charge in [-0.1, -0.05) is 24.3 Å². The van der Waals surface area contributed by atoms with E-state index in [2.05, 4.69) is 41.4 Å². The summed E-state index contributed by atoms with van der Waals surface area (Å²) in [6.07, 6.45) is 1.35. The number of hydrogen-bond donors (Lipinski definition) is 0. The zero-order chi connectivity index (χ0) is 15.2. The molecular weight excluding hydrogens is 248 g/mol. The minimum atomic E-state index is -0.892. The maximum absolute atomic E-state index is 9.32. The van der Waals surface area contributed by atoms with Crippen LogP contribution in [0.2, 0.25) is 0 Å². The molecule has 1 rings (SSSR count). The van der Waals surface area contributed by atoms with Crippen LogP contribution in [0.3, 0.4) is 0 Å². The number of azo groups is 1. The van der Waals surface area contributed by atoms with E-state index in [4.69, 9.17) is 5.26 Å². The van der Waals surface area contributed by atoms with Crippen LogP contribution in [-0.2, 0) is 6.42 Å². The van der Waals surface area contributed by atoms with Crippen molar-refractivity contribution in [2.75, 3.05) is 0 Å². The summed E-state index contributed by atoms with van der Waals surface area (Å²) in [5, 5.41) is 26.3. The van der Waals surface area contributed by atoms with Crippen molar-refractivity contribution in [3.8, 4) is 12.1 Å².